The second kappa shape index (κ2) is 7.03. The molecule has 0 bridgehead atoms. The van der Waals surface area contributed by atoms with Crippen molar-refractivity contribution in [3.63, 3.8) is 0 Å². The van der Waals surface area contributed by atoms with Crippen molar-refractivity contribution in [2.24, 2.45) is 0 Å². The maximum atomic E-state index is 5.24. The molecule has 0 aromatic rings. The van der Waals surface area contributed by atoms with Crippen molar-refractivity contribution >= 4 is 0 Å². The van der Waals surface area contributed by atoms with Gasteiger partial charge in [-0.05, 0) is 20.3 Å². The maximum Gasteiger partial charge on any atom is 0.0780 e. The lowest BCUT2D eigenvalue weighted by molar-refractivity contribution is -0.000319. The van der Waals surface area contributed by atoms with Crippen LogP contribution in [0.4, 0.5) is 0 Å². The van der Waals surface area contributed by atoms with Gasteiger partial charge in [-0.15, -0.1) is 0 Å². The molecule has 1 atom stereocenters. The fourth-order valence-electron chi connectivity index (χ4n) is 0.684. The van der Waals surface area contributed by atoms with Gasteiger partial charge in [0.05, 0.1) is 12.7 Å². The number of rotatable bonds is 6. The normalized spacial score (nSPS) is 13.5. The third-order valence-electron chi connectivity index (χ3n) is 1.09. The molecule has 0 amide bonds. The molecule has 0 aliphatic heterocycles. The summed E-state index contributed by atoms with van der Waals surface area (Å²) in [4.78, 5) is 0. The average Bonchev–Trinajstić information content (AvgIpc) is 1.89. The van der Waals surface area contributed by atoms with Crippen molar-refractivity contribution in [1.82, 2.24) is 0 Å². The van der Waals surface area contributed by atoms with E-state index < -0.39 is 0 Å². The van der Waals surface area contributed by atoms with E-state index in [1.165, 1.54) is 0 Å². The van der Waals surface area contributed by atoms with E-state index in [0.717, 1.165) is 19.6 Å². The van der Waals surface area contributed by atoms with Crippen LogP contribution in [-0.2, 0) is 9.47 Å². The molecular weight excluding hydrogens is 128 g/mol. The van der Waals surface area contributed by atoms with Crippen LogP contribution in [0.15, 0.2) is 0 Å². The molecule has 0 aromatic heterocycles. The van der Waals surface area contributed by atoms with E-state index >= 15 is 0 Å². The second-order valence-electron chi connectivity index (χ2n) is 2.19. The summed E-state index contributed by atoms with van der Waals surface area (Å²) in [5.74, 6) is 0. The Morgan fingerprint density at radius 1 is 1.50 bits per heavy atom. The predicted molar refractivity (Wildman–Crippen MR) is 41.9 cm³/mol. The Morgan fingerprint density at radius 3 is 2.70 bits per heavy atom. The molecule has 0 fully saturated rings. The molecular formula is C8H17O2. The van der Waals surface area contributed by atoms with Crippen LogP contribution in [0.2, 0.25) is 0 Å². The van der Waals surface area contributed by atoms with E-state index in [0.29, 0.717) is 6.61 Å². The Balaban J connectivity index is 2.97. The zero-order valence-electron chi connectivity index (χ0n) is 6.93. The van der Waals surface area contributed by atoms with E-state index in [2.05, 4.69) is 6.92 Å². The molecule has 10 heavy (non-hydrogen) atoms. The highest BCUT2D eigenvalue weighted by Crippen LogP contribution is 1.91. The van der Waals surface area contributed by atoms with Crippen LogP contribution in [0.3, 0.4) is 0 Å². The summed E-state index contributed by atoms with van der Waals surface area (Å²) < 4.78 is 10.5. The smallest absolute Gasteiger partial charge is 0.0780 e. The number of hydrogen-bond acceptors (Lipinski definition) is 2. The number of ether oxygens (including phenoxy) is 2. The van der Waals surface area contributed by atoms with Crippen molar-refractivity contribution in [3.8, 4) is 0 Å². The van der Waals surface area contributed by atoms with Crippen LogP contribution in [-0.4, -0.2) is 25.9 Å². The van der Waals surface area contributed by atoms with E-state index in [1.807, 2.05) is 13.8 Å². The quantitative estimate of drug-likeness (QED) is 0.529. The lowest BCUT2D eigenvalue weighted by Crippen LogP contribution is -2.15. The topological polar surface area (TPSA) is 18.5 Å². The maximum absolute atomic E-state index is 5.24. The minimum atomic E-state index is 0.219. The lowest BCUT2D eigenvalue weighted by Gasteiger charge is -2.10. The van der Waals surface area contributed by atoms with Crippen molar-refractivity contribution in [3.05, 3.63) is 6.92 Å². The first kappa shape index (κ1) is 9.92. The van der Waals surface area contributed by atoms with Gasteiger partial charge in [0, 0.05) is 13.2 Å². The van der Waals surface area contributed by atoms with E-state index in [1.54, 1.807) is 0 Å². The van der Waals surface area contributed by atoms with Gasteiger partial charge in [0.1, 0.15) is 0 Å². The standard InChI is InChI=1S/C8H17O2/c1-4-6-9-7-8(3)10-5-2/h8H,1,4-7H2,2-3H3. The van der Waals surface area contributed by atoms with Crippen LogP contribution in [0.5, 0.6) is 0 Å². The molecule has 0 aliphatic rings. The first-order valence-corrected chi connectivity index (χ1v) is 3.79. The third kappa shape index (κ3) is 6.05. The Morgan fingerprint density at radius 2 is 2.20 bits per heavy atom. The van der Waals surface area contributed by atoms with Crippen molar-refractivity contribution in [2.75, 3.05) is 19.8 Å². The molecule has 0 spiro atoms. The van der Waals surface area contributed by atoms with E-state index in [-0.39, 0.29) is 6.10 Å². The monoisotopic (exact) mass is 145 g/mol. The van der Waals surface area contributed by atoms with Gasteiger partial charge in [0.25, 0.3) is 0 Å². The predicted octanol–water partition coefficient (Wildman–Crippen LogP) is 1.65. The van der Waals surface area contributed by atoms with Crippen LogP contribution < -0.4 is 0 Å². The van der Waals surface area contributed by atoms with Crippen molar-refractivity contribution in [1.29, 1.82) is 0 Å². The highest BCUT2D eigenvalue weighted by Gasteiger charge is 1.98. The van der Waals surface area contributed by atoms with Crippen molar-refractivity contribution < 1.29 is 9.47 Å². The average molecular weight is 145 g/mol. The van der Waals surface area contributed by atoms with E-state index in [9.17, 15) is 0 Å². The van der Waals surface area contributed by atoms with Crippen LogP contribution >= 0.6 is 0 Å². The number of hydrogen-bond donors (Lipinski definition) is 0. The summed E-state index contributed by atoms with van der Waals surface area (Å²) in [6, 6.07) is 0. The van der Waals surface area contributed by atoms with Gasteiger partial charge in [-0.3, -0.25) is 0 Å². The molecule has 0 saturated heterocycles. The summed E-state index contributed by atoms with van der Waals surface area (Å²) in [6.45, 7) is 9.83. The Hall–Kier alpha value is -0.0800. The van der Waals surface area contributed by atoms with Crippen molar-refractivity contribution in [2.45, 2.75) is 26.4 Å². The third-order valence-corrected chi connectivity index (χ3v) is 1.09. The van der Waals surface area contributed by atoms with Gasteiger partial charge in [-0.25, -0.2) is 0 Å². The summed E-state index contributed by atoms with van der Waals surface area (Å²) in [5, 5.41) is 0. The fraction of sp³-hybridized carbons (Fsp3) is 0.875. The minimum absolute atomic E-state index is 0.219. The molecule has 0 rings (SSSR count). The van der Waals surface area contributed by atoms with Gasteiger partial charge in [-0.1, -0.05) is 6.92 Å². The Bertz CT molecular complexity index is 64.3. The Labute approximate surface area is 63.5 Å². The molecule has 0 aromatic carbocycles. The fourth-order valence-corrected chi connectivity index (χ4v) is 0.684. The lowest BCUT2D eigenvalue weighted by atomic mass is 10.4. The summed E-state index contributed by atoms with van der Waals surface area (Å²) in [6.07, 6.45) is 1.05. The molecule has 61 valence electrons. The first-order chi connectivity index (χ1) is 4.81. The SMILES string of the molecule is [CH2]CCOCC(C)OCC. The zero-order chi connectivity index (χ0) is 7.82. The second-order valence-corrected chi connectivity index (χ2v) is 2.19. The zero-order valence-corrected chi connectivity index (χ0v) is 6.93. The summed E-state index contributed by atoms with van der Waals surface area (Å²) in [7, 11) is 0. The van der Waals surface area contributed by atoms with E-state index in [4.69, 9.17) is 9.47 Å². The highest BCUT2D eigenvalue weighted by molar-refractivity contribution is 4.46. The molecule has 1 unspecified atom stereocenters. The summed E-state index contributed by atoms with van der Waals surface area (Å²) >= 11 is 0. The van der Waals surface area contributed by atoms with Gasteiger partial charge in [0.15, 0.2) is 0 Å². The van der Waals surface area contributed by atoms with Gasteiger partial charge >= 0.3 is 0 Å². The van der Waals surface area contributed by atoms with Gasteiger partial charge < -0.3 is 9.47 Å². The summed E-state index contributed by atoms with van der Waals surface area (Å²) in [5.41, 5.74) is 0. The molecule has 0 saturated carbocycles. The molecule has 2 nitrogen and oxygen atoms in total. The molecule has 0 aliphatic carbocycles. The largest absolute Gasteiger partial charge is 0.379 e. The Kier molecular flexibility index (Phi) is 6.98. The highest BCUT2D eigenvalue weighted by atomic mass is 16.5. The minimum Gasteiger partial charge on any atom is -0.379 e. The first-order valence-electron chi connectivity index (χ1n) is 3.79. The van der Waals surface area contributed by atoms with Gasteiger partial charge in [-0.2, -0.15) is 0 Å². The molecule has 1 radical (unpaired) electrons. The molecule has 0 N–H and O–H groups in total. The molecule has 0 heterocycles. The van der Waals surface area contributed by atoms with Crippen LogP contribution in [0.25, 0.3) is 0 Å². The van der Waals surface area contributed by atoms with Crippen LogP contribution in [0.1, 0.15) is 20.3 Å². The van der Waals surface area contributed by atoms with Crippen LogP contribution in [0, 0.1) is 6.92 Å². The van der Waals surface area contributed by atoms with Gasteiger partial charge in [0.2, 0.25) is 0 Å². The molecule has 2 heteroatoms.